The van der Waals surface area contributed by atoms with Gasteiger partial charge < -0.3 is 10.2 Å². The molecule has 0 heterocycles. The van der Waals surface area contributed by atoms with Crippen LogP contribution in [0.1, 0.15) is 5.56 Å². The maximum Gasteiger partial charge on any atom is 0.328 e. The van der Waals surface area contributed by atoms with E-state index in [-0.39, 0.29) is 11.1 Å². The molecule has 0 fully saturated rings. The highest BCUT2D eigenvalue weighted by Gasteiger charge is 2.00. The Labute approximate surface area is 127 Å². The van der Waals surface area contributed by atoms with Crippen LogP contribution < -0.4 is 0 Å². The number of carbonyl (C=O) groups is 2. The Bertz CT molecular complexity index is 678. The number of nitriles is 1. The van der Waals surface area contributed by atoms with Gasteiger partial charge in [0.15, 0.2) is 0 Å². The molecule has 5 heteroatoms. The van der Waals surface area contributed by atoms with Crippen LogP contribution in [0.2, 0.25) is 0 Å². The molecule has 0 aliphatic rings. The van der Waals surface area contributed by atoms with Gasteiger partial charge in [0, 0.05) is 12.2 Å². The highest BCUT2D eigenvalue weighted by atomic mass is 16.4. The first-order valence-corrected chi connectivity index (χ1v) is 6.22. The molecular weight excluding hydrogens is 282 g/mol. The fraction of sp³-hybridized carbons (Fsp3) is 0. The van der Waals surface area contributed by atoms with Crippen LogP contribution in [-0.2, 0) is 9.59 Å². The molecule has 0 saturated carbocycles. The van der Waals surface area contributed by atoms with Crippen LogP contribution in [0.25, 0.3) is 6.08 Å². The average molecular weight is 295 g/mol. The molecule has 0 radical (unpaired) electrons. The smallest absolute Gasteiger partial charge is 0.328 e. The molecule has 22 heavy (non-hydrogen) atoms. The SMILES string of the molecule is N#CC(C=Cc1ccccc1)=C(C=CC(=O)O)C=CC(=O)O. The van der Waals surface area contributed by atoms with Gasteiger partial charge in [-0.2, -0.15) is 5.26 Å². The summed E-state index contributed by atoms with van der Waals surface area (Å²) in [5, 5.41) is 26.5. The molecule has 1 rings (SSSR count). The number of benzene rings is 1. The van der Waals surface area contributed by atoms with Crippen LogP contribution >= 0.6 is 0 Å². The van der Waals surface area contributed by atoms with Crippen LogP contribution in [0.3, 0.4) is 0 Å². The van der Waals surface area contributed by atoms with Crippen molar-refractivity contribution in [3.05, 3.63) is 77.4 Å². The monoisotopic (exact) mass is 295 g/mol. The third-order valence-electron chi connectivity index (χ3n) is 2.48. The Morgan fingerprint density at radius 1 is 0.909 bits per heavy atom. The first-order valence-electron chi connectivity index (χ1n) is 6.22. The summed E-state index contributed by atoms with van der Waals surface area (Å²) in [5.74, 6) is -2.38. The van der Waals surface area contributed by atoms with E-state index in [0.29, 0.717) is 0 Å². The zero-order valence-corrected chi connectivity index (χ0v) is 11.5. The maximum atomic E-state index is 10.6. The number of nitrogens with zero attached hydrogens (tertiary/aromatic N) is 1. The minimum Gasteiger partial charge on any atom is -0.478 e. The van der Waals surface area contributed by atoms with Gasteiger partial charge in [0.2, 0.25) is 0 Å². The van der Waals surface area contributed by atoms with Crippen LogP contribution in [0.15, 0.2) is 71.9 Å². The van der Waals surface area contributed by atoms with Gasteiger partial charge in [-0.3, -0.25) is 0 Å². The third-order valence-corrected chi connectivity index (χ3v) is 2.48. The topological polar surface area (TPSA) is 98.4 Å². The van der Waals surface area contributed by atoms with E-state index in [0.717, 1.165) is 17.7 Å². The maximum absolute atomic E-state index is 10.6. The van der Waals surface area contributed by atoms with Gasteiger partial charge >= 0.3 is 11.9 Å². The summed E-state index contributed by atoms with van der Waals surface area (Å²) in [6.45, 7) is 0. The number of allylic oxidation sites excluding steroid dienone is 5. The summed E-state index contributed by atoms with van der Waals surface area (Å²) in [6, 6.07) is 11.1. The molecule has 5 nitrogen and oxygen atoms in total. The van der Waals surface area contributed by atoms with Crippen molar-refractivity contribution >= 4 is 18.0 Å². The van der Waals surface area contributed by atoms with E-state index in [4.69, 9.17) is 10.2 Å². The Morgan fingerprint density at radius 2 is 1.45 bits per heavy atom. The summed E-state index contributed by atoms with van der Waals surface area (Å²) in [4.78, 5) is 21.2. The van der Waals surface area contributed by atoms with Crippen LogP contribution in [-0.4, -0.2) is 22.2 Å². The molecule has 110 valence electrons. The normalized spacial score (nSPS) is 10.9. The predicted octanol–water partition coefficient (Wildman–Crippen LogP) is 2.80. The minimum atomic E-state index is -1.19. The van der Waals surface area contributed by atoms with Crippen molar-refractivity contribution in [2.75, 3.05) is 0 Å². The third kappa shape index (κ3) is 6.17. The lowest BCUT2D eigenvalue weighted by Crippen LogP contribution is -1.91. The summed E-state index contributed by atoms with van der Waals surface area (Å²) < 4.78 is 0. The summed E-state index contributed by atoms with van der Waals surface area (Å²) in [7, 11) is 0. The Kier molecular flexibility index (Phi) is 6.60. The van der Waals surface area contributed by atoms with Crippen molar-refractivity contribution in [1.82, 2.24) is 0 Å². The number of hydrogen-bond donors (Lipinski definition) is 2. The van der Waals surface area contributed by atoms with Crippen molar-refractivity contribution in [1.29, 1.82) is 5.26 Å². The molecular formula is C17H13NO4. The first-order chi connectivity index (χ1) is 10.5. The Morgan fingerprint density at radius 3 is 1.91 bits per heavy atom. The summed E-state index contributed by atoms with van der Waals surface area (Å²) >= 11 is 0. The van der Waals surface area contributed by atoms with Crippen molar-refractivity contribution < 1.29 is 19.8 Å². The van der Waals surface area contributed by atoms with Gasteiger partial charge in [0.1, 0.15) is 0 Å². The number of carboxylic acid groups (broad SMARTS) is 2. The summed E-state index contributed by atoms with van der Waals surface area (Å²) in [6.07, 6.45) is 7.22. The second kappa shape index (κ2) is 8.72. The van der Waals surface area contributed by atoms with E-state index in [9.17, 15) is 14.9 Å². The molecule has 0 bridgehead atoms. The van der Waals surface area contributed by atoms with Gasteiger partial charge in [-0.05, 0) is 29.4 Å². The molecule has 1 aromatic rings. The van der Waals surface area contributed by atoms with Crippen molar-refractivity contribution in [2.45, 2.75) is 0 Å². The summed E-state index contributed by atoms with van der Waals surface area (Å²) in [5.41, 5.74) is 1.21. The number of rotatable bonds is 6. The van der Waals surface area contributed by atoms with Crippen LogP contribution in [0.5, 0.6) is 0 Å². The van der Waals surface area contributed by atoms with Gasteiger partial charge in [-0.15, -0.1) is 0 Å². The Balaban J connectivity index is 3.20. The highest BCUT2D eigenvalue weighted by molar-refractivity contribution is 5.83. The van der Waals surface area contributed by atoms with E-state index in [1.807, 2.05) is 36.4 Å². The second-order valence-electron chi connectivity index (χ2n) is 4.07. The molecule has 0 amide bonds. The van der Waals surface area contributed by atoms with Crippen molar-refractivity contribution in [3.63, 3.8) is 0 Å². The molecule has 0 aliphatic carbocycles. The molecule has 0 aromatic heterocycles. The molecule has 0 spiro atoms. The number of carboxylic acids is 2. The highest BCUT2D eigenvalue weighted by Crippen LogP contribution is 2.12. The van der Waals surface area contributed by atoms with E-state index in [1.165, 1.54) is 18.2 Å². The lowest BCUT2D eigenvalue weighted by atomic mass is 10.1. The molecule has 2 N–H and O–H groups in total. The van der Waals surface area contributed by atoms with Crippen LogP contribution in [0, 0.1) is 11.3 Å². The van der Waals surface area contributed by atoms with Gasteiger partial charge in [-0.25, -0.2) is 9.59 Å². The number of aliphatic carboxylic acids is 2. The van der Waals surface area contributed by atoms with E-state index < -0.39 is 11.9 Å². The molecule has 0 saturated heterocycles. The molecule has 1 aromatic carbocycles. The van der Waals surface area contributed by atoms with Crippen molar-refractivity contribution in [2.24, 2.45) is 0 Å². The predicted molar refractivity (Wildman–Crippen MR) is 81.7 cm³/mol. The van der Waals surface area contributed by atoms with Crippen LogP contribution in [0.4, 0.5) is 0 Å². The van der Waals surface area contributed by atoms with Gasteiger partial charge in [-0.1, -0.05) is 36.4 Å². The van der Waals surface area contributed by atoms with E-state index >= 15 is 0 Å². The van der Waals surface area contributed by atoms with Crippen molar-refractivity contribution in [3.8, 4) is 6.07 Å². The largest absolute Gasteiger partial charge is 0.478 e. The van der Waals surface area contributed by atoms with Gasteiger partial charge in [0.05, 0.1) is 11.6 Å². The van der Waals surface area contributed by atoms with E-state index in [2.05, 4.69) is 0 Å². The quantitative estimate of drug-likeness (QED) is 0.477. The lowest BCUT2D eigenvalue weighted by Gasteiger charge is -1.97. The average Bonchev–Trinajstić information content (AvgIpc) is 2.50. The standard InChI is InChI=1S/C17H13NO4/c18-12-15(7-6-13-4-2-1-3-5-13)14(8-10-16(19)20)9-11-17(21)22/h1-11H,(H,19,20)(H,21,22). The molecule has 0 unspecified atom stereocenters. The molecule has 0 aliphatic heterocycles. The van der Waals surface area contributed by atoms with E-state index in [1.54, 1.807) is 6.08 Å². The second-order valence-corrected chi connectivity index (χ2v) is 4.07. The fourth-order valence-electron chi connectivity index (χ4n) is 1.50. The minimum absolute atomic E-state index is 0.152. The first kappa shape index (κ1) is 16.7. The van der Waals surface area contributed by atoms with Gasteiger partial charge in [0.25, 0.3) is 0 Å². The lowest BCUT2D eigenvalue weighted by molar-refractivity contribution is -0.132. The zero-order valence-electron chi connectivity index (χ0n) is 11.5. The molecule has 0 atom stereocenters. The number of hydrogen-bond acceptors (Lipinski definition) is 3. The fourth-order valence-corrected chi connectivity index (χ4v) is 1.50. The zero-order chi connectivity index (χ0) is 16.4. The Hall–Kier alpha value is -3.39.